The zero-order valence-electron chi connectivity index (χ0n) is 10.5. The van der Waals surface area contributed by atoms with Crippen LogP contribution in [0.3, 0.4) is 0 Å². The topological polar surface area (TPSA) is 63.4 Å². The molecule has 1 N–H and O–H groups in total. The first-order chi connectivity index (χ1) is 8.28. The molecular weight excluding hydrogens is 220 g/mol. The van der Waals surface area contributed by atoms with Gasteiger partial charge in [-0.1, -0.05) is 6.92 Å². The molecule has 6 heteroatoms. The Hall–Kier alpha value is -1.14. The molecular formula is C11H20N4O2. The fraction of sp³-hybridized carbons (Fsp3) is 0.818. The van der Waals surface area contributed by atoms with E-state index < -0.39 is 0 Å². The fourth-order valence-corrected chi connectivity index (χ4v) is 1.84. The van der Waals surface area contributed by atoms with Gasteiger partial charge in [-0.2, -0.15) is 4.98 Å². The van der Waals surface area contributed by atoms with E-state index in [4.69, 9.17) is 9.26 Å². The Labute approximate surface area is 101 Å². The third-order valence-corrected chi connectivity index (χ3v) is 2.76. The van der Waals surface area contributed by atoms with Gasteiger partial charge in [0.05, 0.1) is 12.7 Å². The van der Waals surface area contributed by atoms with E-state index in [2.05, 4.69) is 34.3 Å². The first kappa shape index (κ1) is 12.3. The monoisotopic (exact) mass is 240 g/mol. The minimum atomic E-state index is 0.196. The van der Waals surface area contributed by atoms with Crippen molar-refractivity contribution in [2.24, 2.45) is 0 Å². The second-order valence-electron chi connectivity index (χ2n) is 4.40. The second-order valence-corrected chi connectivity index (χ2v) is 4.40. The van der Waals surface area contributed by atoms with Crippen LogP contribution in [0.2, 0.25) is 0 Å². The molecule has 1 fully saturated rings. The molecule has 0 bridgehead atoms. The van der Waals surface area contributed by atoms with E-state index in [0.29, 0.717) is 11.8 Å². The Bertz CT molecular complexity index is 342. The zero-order chi connectivity index (χ0) is 12.1. The van der Waals surface area contributed by atoms with Crippen LogP contribution in [-0.4, -0.2) is 54.4 Å². The van der Waals surface area contributed by atoms with Crippen LogP contribution < -0.4 is 5.32 Å². The molecule has 0 spiro atoms. The number of aryl methyl sites for hydroxylation is 1. The maximum absolute atomic E-state index is 5.63. The third kappa shape index (κ3) is 3.67. The molecule has 0 saturated carbocycles. The molecule has 1 aromatic rings. The molecule has 2 rings (SSSR count). The molecule has 96 valence electrons. The van der Waals surface area contributed by atoms with E-state index in [9.17, 15) is 0 Å². The summed E-state index contributed by atoms with van der Waals surface area (Å²) in [5, 5.41) is 7.02. The van der Waals surface area contributed by atoms with Crippen LogP contribution in [0, 0.1) is 0 Å². The Morgan fingerprint density at radius 2 is 2.41 bits per heavy atom. The lowest BCUT2D eigenvalue weighted by molar-refractivity contribution is -0.0118. The first-order valence-electron chi connectivity index (χ1n) is 6.14. The molecule has 2 heterocycles. The third-order valence-electron chi connectivity index (χ3n) is 2.76. The SMILES string of the molecule is CCCc1nc(NC[C@H]2CN(C)CCO2)no1. The molecule has 1 saturated heterocycles. The highest BCUT2D eigenvalue weighted by Crippen LogP contribution is 2.07. The van der Waals surface area contributed by atoms with E-state index in [1.807, 2.05) is 0 Å². The van der Waals surface area contributed by atoms with Crippen LogP contribution in [0.15, 0.2) is 4.52 Å². The molecule has 1 aliphatic heterocycles. The molecule has 0 radical (unpaired) electrons. The van der Waals surface area contributed by atoms with Gasteiger partial charge in [0.1, 0.15) is 0 Å². The maximum atomic E-state index is 5.63. The predicted octanol–water partition coefficient (Wildman–Crippen LogP) is 0.765. The Morgan fingerprint density at radius 3 is 3.18 bits per heavy atom. The van der Waals surface area contributed by atoms with Gasteiger partial charge in [-0.05, 0) is 18.6 Å². The number of likely N-dealkylation sites (N-methyl/N-ethyl adjacent to an activating group) is 1. The van der Waals surface area contributed by atoms with Gasteiger partial charge in [0.2, 0.25) is 5.89 Å². The lowest BCUT2D eigenvalue weighted by atomic mass is 10.3. The van der Waals surface area contributed by atoms with Crippen LogP contribution in [-0.2, 0) is 11.2 Å². The molecule has 0 unspecified atom stereocenters. The number of ether oxygens (including phenoxy) is 1. The highest BCUT2D eigenvalue weighted by atomic mass is 16.5. The summed E-state index contributed by atoms with van der Waals surface area (Å²) in [5.41, 5.74) is 0. The van der Waals surface area contributed by atoms with Crippen molar-refractivity contribution in [1.82, 2.24) is 15.0 Å². The number of morpholine rings is 1. The number of nitrogens with zero attached hydrogens (tertiary/aromatic N) is 3. The van der Waals surface area contributed by atoms with Crippen molar-refractivity contribution in [3.63, 3.8) is 0 Å². The number of nitrogens with one attached hydrogen (secondary N) is 1. The van der Waals surface area contributed by atoms with Gasteiger partial charge in [0, 0.05) is 26.1 Å². The molecule has 1 aromatic heterocycles. The quantitative estimate of drug-likeness (QED) is 0.820. The minimum absolute atomic E-state index is 0.196. The minimum Gasteiger partial charge on any atom is -0.374 e. The molecule has 0 amide bonds. The van der Waals surface area contributed by atoms with Crippen LogP contribution in [0.4, 0.5) is 5.95 Å². The molecule has 17 heavy (non-hydrogen) atoms. The number of hydrogen-bond acceptors (Lipinski definition) is 6. The summed E-state index contributed by atoms with van der Waals surface area (Å²) in [6.07, 6.45) is 2.04. The summed E-state index contributed by atoms with van der Waals surface area (Å²) < 4.78 is 10.7. The smallest absolute Gasteiger partial charge is 0.263 e. The zero-order valence-corrected chi connectivity index (χ0v) is 10.5. The average molecular weight is 240 g/mol. The second kappa shape index (κ2) is 5.97. The summed E-state index contributed by atoms with van der Waals surface area (Å²) in [6, 6.07) is 0. The van der Waals surface area contributed by atoms with Crippen molar-refractivity contribution in [1.29, 1.82) is 0 Å². The lowest BCUT2D eigenvalue weighted by Crippen LogP contribution is -2.43. The molecule has 0 aliphatic carbocycles. The number of anilines is 1. The van der Waals surface area contributed by atoms with E-state index in [1.165, 1.54) is 0 Å². The van der Waals surface area contributed by atoms with E-state index >= 15 is 0 Å². The standard InChI is InChI=1S/C11H20N4O2/c1-3-4-10-13-11(14-17-10)12-7-9-8-15(2)5-6-16-9/h9H,3-8H2,1-2H3,(H,12,14)/t9-/m0/s1. The van der Waals surface area contributed by atoms with Crippen molar-refractivity contribution in [2.75, 3.05) is 38.6 Å². The highest BCUT2D eigenvalue weighted by Gasteiger charge is 2.18. The molecule has 0 aromatic carbocycles. The van der Waals surface area contributed by atoms with Crippen LogP contribution in [0.1, 0.15) is 19.2 Å². The van der Waals surface area contributed by atoms with Crippen molar-refractivity contribution in [3.8, 4) is 0 Å². The van der Waals surface area contributed by atoms with Gasteiger partial charge in [0.25, 0.3) is 5.95 Å². The summed E-state index contributed by atoms with van der Waals surface area (Å²) in [4.78, 5) is 6.50. The van der Waals surface area contributed by atoms with Gasteiger partial charge < -0.3 is 19.5 Å². The summed E-state index contributed by atoms with van der Waals surface area (Å²) >= 11 is 0. The van der Waals surface area contributed by atoms with Gasteiger partial charge in [-0.25, -0.2) is 0 Å². The maximum Gasteiger partial charge on any atom is 0.263 e. The molecule has 6 nitrogen and oxygen atoms in total. The van der Waals surface area contributed by atoms with E-state index in [1.54, 1.807) is 0 Å². The highest BCUT2D eigenvalue weighted by molar-refractivity contribution is 5.21. The Kier molecular flexibility index (Phi) is 4.33. The Balaban J connectivity index is 1.76. The normalized spacial score (nSPS) is 21.6. The summed E-state index contributed by atoms with van der Waals surface area (Å²) in [5.74, 6) is 1.25. The number of hydrogen-bond donors (Lipinski definition) is 1. The van der Waals surface area contributed by atoms with Gasteiger partial charge >= 0.3 is 0 Å². The molecule has 1 aliphatic rings. The van der Waals surface area contributed by atoms with Crippen molar-refractivity contribution in [3.05, 3.63) is 5.89 Å². The largest absolute Gasteiger partial charge is 0.374 e. The summed E-state index contributed by atoms with van der Waals surface area (Å²) in [6.45, 7) is 5.53. The Morgan fingerprint density at radius 1 is 1.53 bits per heavy atom. The van der Waals surface area contributed by atoms with Gasteiger partial charge in [-0.3, -0.25) is 0 Å². The lowest BCUT2D eigenvalue weighted by Gasteiger charge is -2.29. The van der Waals surface area contributed by atoms with Crippen LogP contribution in [0.5, 0.6) is 0 Å². The number of rotatable bonds is 5. The summed E-state index contributed by atoms with van der Waals surface area (Å²) in [7, 11) is 2.10. The van der Waals surface area contributed by atoms with Gasteiger partial charge in [-0.15, -0.1) is 0 Å². The number of aromatic nitrogens is 2. The van der Waals surface area contributed by atoms with E-state index in [0.717, 1.165) is 39.1 Å². The first-order valence-corrected chi connectivity index (χ1v) is 6.14. The van der Waals surface area contributed by atoms with E-state index in [-0.39, 0.29) is 6.10 Å². The van der Waals surface area contributed by atoms with Crippen molar-refractivity contribution < 1.29 is 9.26 Å². The fourth-order valence-electron chi connectivity index (χ4n) is 1.84. The average Bonchev–Trinajstić information content (AvgIpc) is 2.75. The van der Waals surface area contributed by atoms with Gasteiger partial charge in [0.15, 0.2) is 0 Å². The van der Waals surface area contributed by atoms with Crippen LogP contribution in [0.25, 0.3) is 0 Å². The molecule has 1 atom stereocenters. The predicted molar refractivity (Wildman–Crippen MR) is 64.0 cm³/mol. The van der Waals surface area contributed by atoms with Crippen molar-refractivity contribution >= 4 is 5.95 Å². The van der Waals surface area contributed by atoms with Crippen molar-refractivity contribution in [2.45, 2.75) is 25.9 Å². The van der Waals surface area contributed by atoms with Crippen LogP contribution >= 0.6 is 0 Å².